The maximum absolute atomic E-state index is 12.9. The molecule has 0 saturated carbocycles. The Morgan fingerprint density at radius 1 is 1.32 bits per heavy atom. The zero-order valence-electron chi connectivity index (χ0n) is 15.3. The average Bonchev–Trinajstić information content (AvgIpc) is 3.15. The fourth-order valence-electron chi connectivity index (χ4n) is 4.28. The number of hydrogen-bond donors (Lipinski definition) is 1. The van der Waals surface area contributed by atoms with Crippen LogP contribution in [0.2, 0.25) is 0 Å². The monoisotopic (exact) mass is 341 g/mol. The van der Waals surface area contributed by atoms with E-state index in [0.29, 0.717) is 29.6 Å². The predicted molar refractivity (Wildman–Crippen MR) is 97.4 cm³/mol. The van der Waals surface area contributed by atoms with Gasteiger partial charge in [-0.2, -0.15) is 5.10 Å². The van der Waals surface area contributed by atoms with Gasteiger partial charge in [0, 0.05) is 43.3 Å². The Morgan fingerprint density at radius 2 is 2.04 bits per heavy atom. The molecule has 4 rings (SSSR count). The third kappa shape index (κ3) is 3.15. The number of hydrogen-bond acceptors (Lipinski definition) is 4. The first kappa shape index (κ1) is 16.5. The van der Waals surface area contributed by atoms with Crippen molar-refractivity contribution in [2.75, 3.05) is 7.05 Å². The number of nitrogens with one attached hydrogen (secondary N) is 1. The summed E-state index contributed by atoms with van der Waals surface area (Å²) >= 11 is 0. The van der Waals surface area contributed by atoms with Crippen LogP contribution in [0.1, 0.15) is 49.9 Å². The molecule has 2 unspecified atom stereocenters. The zero-order valence-corrected chi connectivity index (χ0v) is 15.3. The van der Waals surface area contributed by atoms with Gasteiger partial charge in [-0.1, -0.05) is 13.8 Å². The lowest BCUT2D eigenvalue weighted by atomic mass is 9.98. The van der Waals surface area contributed by atoms with E-state index >= 15 is 0 Å². The summed E-state index contributed by atoms with van der Waals surface area (Å²) in [7, 11) is 1.93. The Kier molecular flexibility index (Phi) is 4.23. The third-order valence-corrected chi connectivity index (χ3v) is 5.58. The van der Waals surface area contributed by atoms with Crippen LogP contribution < -0.4 is 5.32 Å². The fraction of sp³-hybridized carbons (Fsp3) is 0.632. The van der Waals surface area contributed by atoms with E-state index in [2.05, 4.69) is 29.2 Å². The van der Waals surface area contributed by atoms with Crippen LogP contribution in [0.3, 0.4) is 0 Å². The molecule has 2 atom stereocenters. The van der Waals surface area contributed by atoms with E-state index in [1.165, 1.54) is 12.8 Å². The maximum atomic E-state index is 12.9. The number of pyridine rings is 1. The Hall–Kier alpha value is -1.95. The van der Waals surface area contributed by atoms with Crippen LogP contribution in [-0.4, -0.2) is 50.7 Å². The van der Waals surface area contributed by atoms with Crippen LogP contribution in [0.4, 0.5) is 0 Å². The number of piperidine rings is 1. The van der Waals surface area contributed by atoms with E-state index in [-0.39, 0.29) is 5.91 Å². The molecule has 25 heavy (non-hydrogen) atoms. The number of carbonyl (C=O) groups is 1. The molecule has 2 aromatic heterocycles. The quantitative estimate of drug-likeness (QED) is 0.928. The van der Waals surface area contributed by atoms with Crippen LogP contribution in [0.15, 0.2) is 18.5 Å². The SMILES string of the molecule is CC(C)Cn1ncc2cc(C(=O)N(C)C3CC4CCC(C3)N4)cnc21. The lowest BCUT2D eigenvalue weighted by Gasteiger charge is -2.35. The Morgan fingerprint density at radius 3 is 2.72 bits per heavy atom. The summed E-state index contributed by atoms with van der Waals surface area (Å²) in [6, 6.07) is 3.41. The van der Waals surface area contributed by atoms with Gasteiger partial charge >= 0.3 is 0 Å². The van der Waals surface area contributed by atoms with E-state index < -0.39 is 0 Å². The number of amides is 1. The fourth-order valence-corrected chi connectivity index (χ4v) is 4.28. The molecule has 0 aliphatic carbocycles. The van der Waals surface area contributed by atoms with E-state index in [4.69, 9.17) is 0 Å². The Labute approximate surface area is 148 Å². The molecule has 2 fully saturated rings. The molecular formula is C19H27N5O. The van der Waals surface area contributed by atoms with Crippen LogP contribution in [0.25, 0.3) is 11.0 Å². The van der Waals surface area contributed by atoms with E-state index in [1.54, 1.807) is 6.20 Å². The predicted octanol–water partition coefficient (Wildman–Crippen LogP) is 2.44. The molecule has 2 bridgehead atoms. The van der Waals surface area contributed by atoms with Gasteiger partial charge in [-0.15, -0.1) is 0 Å². The second kappa shape index (κ2) is 6.41. The topological polar surface area (TPSA) is 63.1 Å². The summed E-state index contributed by atoms with van der Waals surface area (Å²) in [5, 5.41) is 8.99. The Bertz CT molecular complexity index is 771. The number of aromatic nitrogens is 3. The highest BCUT2D eigenvalue weighted by molar-refractivity contribution is 5.96. The van der Waals surface area contributed by atoms with E-state index in [1.807, 2.05) is 28.9 Å². The van der Waals surface area contributed by atoms with E-state index in [0.717, 1.165) is 30.4 Å². The first-order valence-electron chi connectivity index (χ1n) is 9.36. The molecule has 0 spiro atoms. The van der Waals surface area contributed by atoms with Crippen molar-refractivity contribution < 1.29 is 4.79 Å². The van der Waals surface area contributed by atoms with Gasteiger partial charge in [0.25, 0.3) is 5.91 Å². The number of rotatable bonds is 4. The van der Waals surface area contributed by atoms with Crippen LogP contribution in [0, 0.1) is 5.92 Å². The minimum Gasteiger partial charge on any atom is -0.339 e. The molecule has 2 saturated heterocycles. The van der Waals surface area contributed by atoms with E-state index in [9.17, 15) is 4.79 Å². The summed E-state index contributed by atoms with van der Waals surface area (Å²) in [5.41, 5.74) is 1.51. The second-order valence-electron chi connectivity index (χ2n) is 8.04. The van der Waals surface area contributed by atoms with Crippen molar-refractivity contribution in [1.29, 1.82) is 0 Å². The maximum Gasteiger partial charge on any atom is 0.255 e. The summed E-state index contributed by atoms with van der Waals surface area (Å²) in [6.45, 7) is 5.15. The molecule has 2 aliphatic rings. The highest BCUT2D eigenvalue weighted by Crippen LogP contribution is 2.30. The van der Waals surface area contributed by atoms with Gasteiger partial charge in [0.1, 0.15) is 0 Å². The van der Waals surface area contributed by atoms with Crippen molar-refractivity contribution in [3.8, 4) is 0 Å². The molecular weight excluding hydrogens is 314 g/mol. The largest absolute Gasteiger partial charge is 0.339 e. The highest BCUT2D eigenvalue weighted by atomic mass is 16.2. The summed E-state index contributed by atoms with van der Waals surface area (Å²) in [4.78, 5) is 19.4. The minimum absolute atomic E-state index is 0.0670. The van der Waals surface area contributed by atoms with Crippen LogP contribution >= 0.6 is 0 Å². The molecule has 0 aromatic carbocycles. The standard InChI is InChI=1S/C19H27N5O/c1-12(2)11-24-18-13(10-21-24)6-14(9-20-18)19(25)23(3)17-7-15-4-5-16(8-17)22-15/h6,9-10,12,15-17,22H,4-5,7-8,11H2,1-3H3. The van der Waals surface area contributed by atoms with Gasteiger partial charge in [-0.05, 0) is 37.7 Å². The molecule has 6 heteroatoms. The minimum atomic E-state index is 0.0670. The van der Waals surface area contributed by atoms with Gasteiger partial charge < -0.3 is 10.2 Å². The van der Waals surface area contributed by atoms with Crippen molar-refractivity contribution in [3.05, 3.63) is 24.0 Å². The first-order valence-corrected chi connectivity index (χ1v) is 9.36. The first-order chi connectivity index (χ1) is 12.0. The third-order valence-electron chi connectivity index (χ3n) is 5.58. The van der Waals surface area contributed by atoms with Crippen molar-refractivity contribution in [3.63, 3.8) is 0 Å². The van der Waals surface area contributed by atoms with Gasteiger partial charge in [0.05, 0.1) is 11.8 Å². The van der Waals surface area contributed by atoms with Gasteiger partial charge in [0.2, 0.25) is 0 Å². The Balaban J connectivity index is 1.53. The smallest absolute Gasteiger partial charge is 0.255 e. The van der Waals surface area contributed by atoms with Crippen LogP contribution in [0.5, 0.6) is 0 Å². The zero-order chi connectivity index (χ0) is 17.6. The molecule has 1 amide bonds. The van der Waals surface area contributed by atoms with Gasteiger partial charge in [0.15, 0.2) is 5.65 Å². The summed E-state index contributed by atoms with van der Waals surface area (Å²) in [5.74, 6) is 0.574. The van der Waals surface area contributed by atoms with Gasteiger partial charge in [-0.25, -0.2) is 9.67 Å². The molecule has 0 radical (unpaired) electrons. The summed E-state index contributed by atoms with van der Waals surface area (Å²) in [6.07, 6.45) is 8.11. The number of carbonyl (C=O) groups excluding carboxylic acids is 1. The average molecular weight is 341 g/mol. The number of nitrogens with zero attached hydrogens (tertiary/aromatic N) is 4. The van der Waals surface area contributed by atoms with Crippen molar-refractivity contribution in [2.24, 2.45) is 5.92 Å². The normalized spacial score (nSPS) is 25.7. The summed E-state index contributed by atoms with van der Waals surface area (Å²) < 4.78 is 1.92. The van der Waals surface area contributed by atoms with Gasteiger partial charge in [-0.3, -0.25) is 4.79 Å². The van der Waals surface area contributed by atoms with Crippen molar-refractivity contribution in [1.82, 2.24) is 25.0 Å². The molecule has 1 N–H and O–H groups in total. The second-order valence-corrected chi connectivity index (χ2v) is 8.04. The van der Waals surface area contributed by atoms with Crippen molar-refractivity contribution in [2.45, 2.75) is 64.2 Å². The molecule has 6 nitrogen and oxygen atoms in total. The lowest BCUT2D eigenvalue weighted by molar-refractivity contribution is 0.0681. The van der Waals surface area contributed by atoms with Crippen LogP contribution in [-0.2, 0) is 6.54 Å². The molecule has 2 aliphatic heterocycles. The van der Waals surface area contributed by atoms with Crippen molar-refractivity contribution >= 4 is 16.9 Å². The lowest BCUT2D eigenvalue weighted by Crippen LogP contribution is -2.48. The number of fused-ring (bicyclic) bond motifs is 3. The molecule has 4 heterocycles. The molecule has 134 valence electrons. The molecule has 2 aromatic rings. The highest BCUT2D eigenvalue weighted by Gasteiger charge is 2.36.